The first kappa shape index (κ1) is 8.36. The van der Waals surface area contributed by atoms with Crippen LogP contribution < -0.4 is 5.32 Å². The summed E-state index contributed by atoms with van der Waals surface area (Å²) in [5, 5.41) is 3.37. The van der Waals surface area contributed by atoms with Gasteiger partial charge in [0.2, 0.25) is 0 Å². The molecule has 0 saturated heterocycles. The number of hydrogen-bond donors (Lipinski definition) is 1. The number of benzene rings is 1. The summed E-state index contributed by atoms with van der Waals surface area (Å²) in [4.78, 5) is 0. The maximum absolute atomic E-state index is 3.37. The van der Waals surface area contributed by atoms with Gasteiger partial charge in [-0.2, -0.15) is 0 Å². The van der Waals surface area contributed by atoms with Gasteiger partial charge in [-0.15, -0.1) is 0 Å². The normalized spacial score (nSPS) is 14.8. The summed E-state index contributed by atoms with van der Waals surface area (Å²) in [6, 6.07) is 8.51. The van der Waals surface area contributed by atoms with E-state index in [0.29, 0.717) is 5.92 Å². The molecule has 1 heteroatoms. The molecule has 68 valence electrons. The van der Waals surface area contributed by atoms with Crippen LogP contribution in [0, 0.1) is 5.92 Å². The molecule has 13 heavy (non-hydrogen) atoms. The van der Waals surface area contributed by atoms with Crippen LogP contribution in [0.2, 0.25) is 0 Å². The highest BCUT2D eigenvalue weighted by Gasteiger charge is 2.13. The molecule has 0 unspecified atom stereocenters. The monoisotopic (exact) mass is 173 g/mol. The van der Waals surface area contributed by atoms with Gasteiger partial charge < -0.3 is 5.32 Å². The molecule has 0 bridgehead atoms. The van der Waals surface area contributed by atoms with Crippen LogP contribution in [0.3, 0.4) is 0 Å². The SMILES string of the molecule is CC(C)C1=CCNc2ccccc21. The molecule has 1 heterocycles. The predicted octanol–water partition coefficient (Wildman–Crippen LogP) is 3.15. The summed E-state index contributed by atoms with van der Waals surface area (Å²) in [5.74, 6) is 0.614. The van der Waals surface area contributed by atoms with Crippen LogP contribution in [0.15, 0.2) is 30.3 Å². The first-order valence-corrected chi connectivity index (χ1v) is 4.82. The number of rotatable bonds is 1. The van der Waals surface area contributed by atoms with E-state index in [1.807, 2.05) is 0 Å². The zero-order valence-electron chi connectivity index (χ0n) is 8.17. The second-order valence-corrected chi connectivity index (χ2v) is 3.74. The summed E-state index contributed by atoms with van der Waals surface area (Å²) in [6.07, 6.45) is 2.28. The molecule has 1 aliphatic rings. The van der Waals surface area contributed by atoms with Crippen LogP contribution in [0.25, 0.3) is 5.57 Å². The molecule has 0 aromatic heterocycles. The average molecular weight is 173 g/mol. The van der Waals surface area contributed by atoms with Crippen molar-refractivity contribution in [2.45, 2.75) is 13.8 Å². The van der Waals surface area contributed by atoms with Gasteiger partial charge in [0.25, 0.3) is 0 Å². The topological polar surface area (TPSA) is 12.0 Å². The van der Waals surface area contributed by atoms with Crippen molar-refractivity contribution in [3.8, 4) is 0 Å². The Balaban J connectivity index is 2.47. The Labute approximate surface area is 79.5 Å². The van der Waals surface area contributed by atoms with Crippen molar-refractivity contribution in [1.29, 1.82) is 0 Å². The number of anilines is 1. The second kappa shape index (κ2) is 3.25. The van der Waals surface area contributed by atoms with Gasteiger partial charge in [0, 0.05) is 17.8 Å². The number of para-hydroxylation sites is 1. The summed E-state index contributed by atoms with van der Waals surface area (Å²) < 4.78 is 0. The lowest BCUT2D eigenvalue weighted by molar-refractivity contribution is 0.850. The van der Waals surface area contributed by atoms with Crippen molar-refractivity contribution in [3.63, 3.8) is 0 Å². The molecule has 0 saturated carbocycles. The second-order valence-electron chi connectivity index (χ2n) is 3.74. The minimum Gasteiger partial charge on any atom is -0.381 e. The molecule has 0 spiro atoms. The minimum absolute atomic E-state index is 0.614. The Morgan fingerprint density at radius 2 is 2.00 bits per heavy atom. The van der Waals surface area contributed by atoms with Gasteiger partial charge in [-0.3, -0.25) is 0 Å². The third-order valence-corrected chi connectivity index (χ3v) is 2.47. The van der Waals surface area contributed by atoms with E-state index in [1.54, 1.807) is 0 Å². The van der Waals surface area contributed by atoms with Crippen molar-refractivity contribution in [1.82, 2.24) is 0 Å². The fourth-order valence-corrected chi connectivity index (χ4v) is 1.82. The molecule has 2 rings (SSSR count). The van der Waals surface area contributed by atoms with Crippen molar-refractivity contribution in [2.75, 3.05) is 11.9 Å². The van der Waals surface area contributed by atoms with E-state index in [1.165, 1.54) is 16.8 Å². The highest BCUT2D eigenvalue weighted by atomic mass is 14.9. The zero-order chi connectivity index (χ0) is 9.26. The Morgan fingerprint density at radius 1 is 1.23 bits per heavy atom. The number of hydrogen-bond acceptors (Lipinski definition) is 1. The van der Waals surface area contributed by atoms with Gasteiger partial charge in [0.1, 0.15) is 0 Å². The number of allylic oxidation sites excluding steroid dienone is 1. The maximum atomic E-state index is 3.37. The van der Waals surface area contributed by atoms with E-state index >= 15 is 0 Å². The molecule has 0 fully saturated rings. The molecule has 1 aromatic carbocycles. The first-order chi connectivity index (χ1) is 6.29. The number of nitrogens with one attached hydrogen (secondary N) is 1. The fraction of sp³-hybridized carbons (Fsp3) is 0.333. The molecule has 0 atom stereocenters. The van der Waals surface area contributed by atoms with E-state index in [4.69, 9.17) is 0 Å². The van der Waals surface area contributed by atoms with Crippen LogP contribution in [0.5, 0.6) is 0 Å². The molecular weight excluding hydrogens is 158 g/mol. The highest BCUT2D eigenvalue weighted by molar-refractivity contribution is 5.79. The van der Waals surface area contributed by atoms with Gasteiger partial charge in [-0.05, 0) is 17.6 Å². The van der Waals surface area contributed by atoms with Crippen LogP contribution >= 0.6 is 0 Å². The van der Waals surface area contributed by atoms with E-state index in [2.05, 4.69) is 49.5 Å². The Bertz CT molecular complexity index is 337. The zero-order valence-corrected chi connectivity index (χ0v) is 8.17. The quantitative estimate of drug-likeness (QED) is 0.688. The van der Waals surface area contributed by atoms with E-state index in [0.717, 1.165) is 6.54 Å². The fourth-order valence-electron chi connectivity index (χ4n) is 1.82. The predicted molar refractivity (Wildman–Crippen MR) is 57.7 cm³/mol. The van der Waals surface area contributed by atoms with Crippen LogP contribution in [0.4, 0.5) is 5.69 Å². The van der Waals surface area contributed by atoms with Gasteiger partial charge in [0.15, 0.2) is 0 Å². The molecule has 0 radical (unpaired) electrons. The highest BCUT2D eigenvalue weighted by Crippen LogP contribution is 2.31. The Hall–Kier alpha value is -1.24. The molecule has 1 nitrogen and oxygen atoms in total. The largest absolute Gasteiger partial charge is 0.381 e. The Kier molecular flexibility index (Phi) is 2.09. The molecule has 0 aliphatic carbocycles. The van der Waals surface area contributed by atoms with Crippen molar-refractivity contribution in [2.24, 2.45) is 5.92 Å². The molecule has 0 amide bonds. The minimum atomic E-state index is 0.614. The van der Waals surface area contributed by atoms with Crippen molar-refractivity contribution >= 4 is 11.3 Å². The van der Waals surface area contributed by atoms with Gasteiger partial charge in [0.05, 0.1) is 0 Å². The summed E-state index contributed by atoms with van der Waals surface area (Å²) >= 11 is 0. The molecule has 1 aliphatic heterocycles. The van der Waals surface area contributed by atoms with Crippen molar-refractivity contribution < 1.29 is 0 Å². The average Bonchev–Trinajstić information content (AvgIpc) is 2.17. The van der Waals surface area contributed by atoms with Crippen molar-refractivity contribution in [3.05, 3.63) is 35.9 Å². The number of fused-ring (bicyclic) bond motifs is 1. The molecule has 1 aromatic rings. The van der Waals surface area contributed by atoms with Crippen LogP contribution in [0.1, 0.15) is 19.4 Å². The third-order valence-electron chi connectivity index (χ3n) is 2.47. The lowest BCUT2D eigenvalue weighted by Crippen LogP contribution is -2.10. The summed E-state index contributed by atoms with van der Waals surface area (Å²) in [6.45, 7) is 5.45. The van der Waals surface area contributed by atoms with Crippen LogP contribution in [-0.4, -0.2) is 6.54 Å². The smallest absolute Gasteiger partial charge is 0.0419 e. The first-order valence-electron chi connectivity index (χ1n) is 4.82. The molecule has 1 N–H and O–H groups in total. The summed E-state index contributed by atoms with van der Waals surface area (Å²) in [7, 11) is 0. The van der Waals surface area contributed by atoms with Gasteiger partial charge >= 0.3 is 0 Å². The van der Waals surface area contributed by atoms with E-state index in [-0.39, 0.29) is 0 Å². The van der Waals surface area contributed by atoms with Gasteiger partial charge in [-0.1, -0.05) is 38.1 Å². The van der Waals surface area contributed by atoms with Crippen LogP contribution in [-0.2, 0) is 0 Å². The van der Waals surface area contributed by atoms with E-state index < -0.39 is 0 Å². The van der Waals surface area contributed by atoms with Gasteiger partial charge in [-0.25, -0.2) is 0 Å². The Morgan fingerprint density at radius 3 is 2.77 bits per heavy atom. The standard InChI is InChI=1S/C12H15N/c1-9(2)10-7-8-13-12-6-4-3-5-11(10)12/h3-7,9,13H,8H2,1-2H3. The maximum Gasteiger partial charge on any atom is 0.0419 e. The molecular formula is C12H15N. The lowest BCUT2D eigenvalue weighted by atomic mass is 9.92. The van der Waals surface area contributed by atoms with E-state index in [9.17, 15) is 0 Å². The third kappa shape index (κ3) is 1.46. The summed E-state index contributed by atoms with van der Waals surface area (Å²) in [5.41, 5.74) is 4.10. The lowest BCUT2D eigenvalue weighted by Gasteiger charge is -2.21.